The molecule has 0 saturated heterocycles. The predicted molar refractivity (Wildman–Crippen MR) is 125 cm³/mol. The minimum atomic E-state index is -1.58. The third-order valence-electron chi connectivity index (χ3n) is 7.51. The molecule has 145 valence electrons. The van der Waals surface area contributed by atoms with Gasteiger partial charge in [-0.3, -0.25) is 0 Å². The van der Waals surface area contributed by atoms with Crippen LogP contribution in [0.4, 0.5) is 0 Å². The minimum Gasteiger partial charge on any atom is -0.0654 e. The van der Waals surface area contributed by atoms with Gasteiger partial charge in [0.2, 0.25) is 0 Å². The van der Waals surface area contributed by atoms with E-state index in [0.29, 0.717) is 0 Å². The fourth-order valence-electron chi connectivity index (χ4n) is 6.02. The maximum atomic E-state index is 2.57. The molecular weight excluding hydrogens is 352 g/mol. The normalized spacial score (nSPS) is 20.2. The van der Waals surface area contributed by atoms with E-state index >= 15 is 0 Å². The van der Waals surface area contributed by atoms with Crippen molar-refractivity contribution in [1.82, 2.24) is 0 Å². The summed E-state index contributed by atoms with van der Waals surface area (Å²) in [5.41, 5.74) is 9.33. The van der Waals surface area contributed by atoms with E-state index in [1.807, 2.05) is 0 Å². The molecule has 0 amide bonds. The van der Waals surface area contributed by atoms with E-state index in [0.717, 1.165) is 5.92 Å². The lowest BCUT2D eigenvalue weighted by Gasteiger charge is -2.23. The second kappa shape index (κ2) is 7.02. The van der Waals surface area contributed by atoms with Crippen LogP contribution in [0.15, 0.2) is 42.0 Å². The summed E-state index contributed by atoms with van der Waals surface area (Å²) in [6.45, 7) is 7.44. The first-order chi connectivity index (χ1) is 13.6. The van der Waals surface area contributed by atoms with Gasteiger partial charge in [-0.1, -0.05) is 87.7 Å². The van der Waals surface area contributed by atoms with E-state index in [2.05, 4.69) is 62.8 Å². The lowest BCUT2D eigenvalue weighted by Crippen LogP contribution is -2.39. The van der Waals surface area contributed by atoms with Crippen LogP contribution in [0.1, 0.15) is 80.9 Å². The average molecular weight is 386 g/mol. The molecule has 1 heteroatoms. The molecule has 1 aliphatic heterocycles. The molecule has 3 aliphatic rings. The van der Waals surface area contributed by atoms with Crippen molar-refractivity contribution in [2.75, 3.05) is 0 Å². The molecule has 0 aromatic heterocycles. The molecule has 28 heavy (non-hydrogen) atoms. The van der Waals surface area contributed by atoms with Crippen molar-refractivity contribution >= 4 is 18.5 Å². The summed E-state index contributed by atoms with van der Waals surface area (Å²) in [6, 6.07) is 14.6. The highest BCUT2D eigenvalue weighted by atomic mass is 28.3. The minimum absolute atomic E-state index is 0.795. The van der Waals surface area contributed by atoms with Gasteiger partial charge >= 0.3 is 0 Å². The number of benzene rings is 2. The summed E-state index contributed by atoms with van der Waals surface area (Å²) in [4.78, 5) is 0. The number of fused-ring (bicyclic) bond motifs is 1. The summed E-state index contributed by atoms with van der Waals surface area (Å²) in [5.74, 6) is 0.795. The van der Waals surface area contributed by atoms with Crippen molar-refractivity contribution in [3.05, 3.63) is 65.1 Å². The molecule has 2 bridgehead atoms. The number of hydrogen-bond acceptors (Lipinski definition) is 0. The zero-order valence-corrected chi connectivity index (χ0v) is 18.8. The van der Waals surface area contributed by atoms with Gasteiger partial charge in [-0.15, -0.1) is 0 Å². The molecule has 1 saturated carbocycles. The number of rotatable bonds is 5. The van der Waals surface area contributed by atoms with Crippen molar-refractivity contribution in [3.63, 3.8) is 0 Å². The number of unbranched alkanes of at least 4 members (excludes halogenated alkanes) is 1. The van der Waals surface area contributed by atoms with E-state index in [4.69, 9.17) is 0 Å². The molecule has 1 fully saturated rings. The van der Waals surface area contributed by atoms with Gasteiger partial charge in [0.1, 0.15) is 8.07 Å². The van der Waals surface area contributed by atoms with Gasteiger partial charge in [0.05, 0.1) is 0 Å². The molecule has 0 spiro atoms. The quantitative estimate of drug-likeness (QED) is 0.471. The van der Waals surface area contributed by atoms with E-state index in [1.54, 1.807) is 32.6 Å². The molecule has 2 aromatic carbocycles. The van der Waals surface area contributed by atoms with Gasteiger partial charge in [-0.2, -0.15) is 0 Å². The fraction of sp³-hybridized carbons (Fsp3) is 0.444. The smallest absolute Gasteiger partial charge is 0.0654 e. The molecule has 1 radical (unpaired) electrons. The van der Waals surface area contributed by atoms with Crippen LogP contribution in [0.2, 0.25) is 13.1 Å². The van der Waals surface area contributed by atoms with E-state index < -0.39 is 8.07 Å². The maximum Gasteiger partial charge on any atom is 0.113 e. The fourth-order valence-corrected chi connectivity index (χ4v) is 9.58. The van der Waals surface area contributed by atoms with Gasteiger partial charge < -0.3 is 0 Å². The van der Waals surface area contributed by atoms with Crippen molar-refractivity contribution in [1.29, 1.82) is 0 Å². The molecule has 2 aliphatic carbocycles. The molecule has 0 atom stereocenters. The second-order valence-corrected chi connectivity index (χ2v) is 14.0. The topological polar surface area (TPSA) is 0 Å². The predicted octanol–water partition coefficient (Wildman–Crippen LogP) is 7.38. The van der Waals surface area contributed by atoms with Crippen molar-refractivity contribution < 1.29 is 0 Å². The summed E-state index contributed by atoms with van der Waals surface area (Å²) in [7, 11) is -1.58. The van der Waals surface area contributed by atoms with Crippen LogP contribution >= 0.6 is 0 Å². The first-order valence-electron chi connectivity index (χ1n) is 11.5. The Balaban J connectivity index is 1.56. The third-order valence-corrected chi connectivity index (χ3v) is 11.1. The summed E-state index contributed by atoms with van der Waals surface area (Å²) in [5, 5.41) is 3.41. The van der Waals surface area contributed by atoms with Gasteiger partial charge in [-0.25, -0.2) is 0 Å². The first-order valence-corrected chi connectivity index (χ1v) is 14.5. The average Bonchev–Trinajstić information content (AvgIpc) is 3.18. The van der Waals surface area contributed by atoms with Gasteiger partial charge in [0, 0.05) is 6.42 Å². The van der Waals surface area contributed by atoms with Crippen LogP contribution in [0.25, 0.3) is 16.3 Å². The first kappa shape index (κ1) is 18.4. The molecule has 2 aromatic rings. The van der Waals surface area contributed by atoms with Crippen LogP contribution in [-0.4, -0.2) is 8.07 Å². The van der Waals surface area contributed by atoms with Crippen molar-refractivity contribution in [2.45, 2.75) is 77.3 Å². The number of allylic oxidation sites excluding steroid dienone is 1. The summed E-state index contributed by atoms with van der Waals surface area (Å²) in [6.07, 6.45) is 13.4. The standard InChI is InChI=1S/C27H33Si/c1-4-5-9-23-18-22-16-17-24-25(26(22)27(23)28(24,2)3)21-14-12-20(13-15-21)19-10-7-6-8-11-19/h12-19H,4-11H2,1-3H3. The monoisotopic (exact) mass is 385 g/mol. The highest BCUT2D eigenvalue weighted by Gasteiger charge is 2.45. The van der Waals surface area contributed by atoms with Crippen LogP contribution in [-0.2, 0) is 0 Å². The second-order valence-electron chi connectivity index (χ2n) is 9.68. The Morgan fingerprint density at radius 1 is 0.893 bits per heavy atom. The Labute approximate surface area is 172 Å². The van der Waals surface area contributed by atoms with Crippen molar-refractivity contribution in [3.8, 4) is 11.1 Å². The van der Waals surface area contributed by atoms with Crippen LogP contribution in [0.5, 0.6) is 0 Å². The molecular formula is C27H33Si. The van der Waals surface area contributed by atoms with Gasteiger partial charge in [-0.05, 0) is 69.8 Å². The Kier molecular flexibility index (Phi) is 4.62. The zero-order chi connectivity index (χ0) is 19.3. The molecule has 0 unspecified atom stereocenters. The van der Waals surface area contributed by atoms with E-state index in [-0.39, 0.29) is 0 Å². The van der Waals surface area contributed by atoms with E-state index in [9.17, 15) is 0 Å². The highest BCUT2D eigenvalue weighted by Crippen LogP contribution is 2.51. The summed E-state index contributed by atoms with van der Waals surface area (Å²) < 4.78 is 0. The lowest BCUT2D eigenvalue weighted by molar-refractivity contribution is 0.443. The van der Waals surface area contributed by atoms with Crippen LogP contribution < -0.4 is 5.19 Å². The van der Waals surface area contributed by atoms with E-state index in [1.165, 1.54) is 62.5 Å². The maximum absolute atomic E-state index is 2.57. The SMILES string of the molecule is CCCCC1=C2c3c(ccc(c3-c3ccc(C4CCCCC4)cc3)[Si]2(C)C)[CH]1. The van der Waals surface area contributed by atoms with Gasteiger partial charge in [0.15, 0.2) is 0 Å². The van der Waals surface area contributed by atoms with Gasteiger partial charge in [0.25, 0.3) is 0 Å². The zero-order valence-electron chi connectivity index (χ0n) is 17.8. The Morgan fingerprint density at radius 2 is 1.64 bits per heavy atom. The highest BCUT2D eigenvalue weighted by molar-refractivity contribution is 7.07. The van der Waals surface area contributed by atoms with Crippen molar-refractivity contribution in [2.24, 2.45) is 0 Å². The molecule has 0 nitrogen and oxygen atoms in total. The van der Waals surface area contributed by atoms with Crippen LogP contribution in [0.3, 0.4) is 0 Å². The Morgan fingerprint density at radius 3 is 2.36 bits per heavy atom. The molecule has 0 N–H and O–H groups in total. The molecule has 1 heterocycles. The molecule has 5 rings (SSSR count). The van der Waals surface area contributed by atoms with Crippen LogP contribution in [0, 0.1) is 6.42 Å². The number of hydrogen-bond donors (Lipinski definition) is 0. The Bertz CT molecular complexity index is 923. The largest absolute Gasteiger partial charge is 0.113 e. The summed E-state index contributed by atoms with van der Waals surface area (Å²) >= 11 is 0. The lowest BCUT2D eigenvalue weighted by atomic mass is 9.83. The third kappa shape index (κ3) is 2.77. The Hall–Kier alpha value is -1.60.